The Kier molecular flexibility index (Phi) is 6.84. The zero-order chi connectivity index (χ0) is 26.4. The van der Waals surface area contributed by atoms with E-state index in [2.05, 4.69) is 5.32 Å². The molecule has 1 aliphatic carbocycles. The van der Waals surface area contributed by atoms with Gasteiger partial charge in [-0.1, -0.05) is 11.6 Å². The Balaban J connectivity index is 1.43. The Hall–Kier alpha value is -3.02. The molecule has 5 amide bonds. The summed E-state index contributed by atoms with van der Waals surface area (Å²) in [5, 5.41) is 2.32. The van der Waals surface area contributed by atoms with Gasteiger partial charge in [-0.05, 0) is 55.4 Å². The van der Waals surface area contributed by atoms with Crippen molar-refractivity contribution in [2.45, 2.75) is 57.4 Å². The summed E-state index contributed by atoms with van der Waals surface area (Å²) in [4.78, 5) is 54.4. The topological polar surface area (TPSA) is 99.3 Å². The molecule has 0 spiro atoms. The first kappa shape index (κ1) is 26.1. The number of rotatable bonds is 7. The van der Waals surface area contributed by atoms with Gasteiger partial charge in [-0.25, -0.2) is 14.5 Å². The fourth-order valence-electron chi connectivity index (χ4n) is 4.78. The lowest BCUT2D eigenvalue weighted by Gasteiger charge is -2.28. The van der Waals surface area contributed by atoms with Gasteiger partial charge in [0.2, 0.25) is 5.91 Å². The van der Waals surface area contributed by atoms with E-state index in [1.807, 2.05) is 0 Å². The Morgan fingerprint density at radius 3 is 2.44 bits per heavy atom. The molecule has 0 aromatic heterocycles. The maximum Gasteiger partial charge on any atom is 0.417 e. The van der Waals surface area contributed by atoms with Crippen molar-refractivity contribution in [3.63, 3.8) is 0 Å². The molecule has 1 saturated carbocycles. The number of benzene rings is 1. The van der Waals surface area contributed by atoms with E-state index in [9.17, 15) is 32.3 Å². The predicted octanol–water partition coefficient (Wildman–Crippen LogP) is 3.73. The van der Waals surface area contributed by atoms with Gasteiger partial charge in [-0.15, -0.1) is 0 Å². The molecule has 1 saturated heterocycles. The molecule has 0 unspecified atom stereocenters. The second-order valence-electron chi connectivity index (χ2n) is 9.30. The highest BCUT2D eigenvalue weighted by Gasteiger charge is 2.59. The first-order valence-electron chi connectivity index (χ1n) is 11.6. The standard InChI is InChI=1S/C23H26ClF3N4O5/c1-3-36-21(35)29(2)12-31-19(33)22(15-4-5-15,28-20(31)34)7-6-18(32)30-10-13-8-16(23(25,26)27)17(24)9-14(13)11-30/h8-9,15H,3-7,10-12H2,1-2H3,(H,28,34)/t22-/m1/s1. The average molecular weight is 531 g/mol. The van der Waals surface area contributed by atoms with E-state index in [0.717, 1.165) is 15.9 Å². The van der Waals surface area contributed by atoms with Crippen molar-refractivity contribution < 1.29 is 37.1 Å². The van der Waals surface area contributed by atoms with E-state index >= 15 is 0 Å². The lowest BCUT2D eigenvalue weighted by atomic mass is 9.87. The maximum absolute atomic E-state index is 13.3. The fourth-order valence-corrected chi connectivity index (χ4v) is 5.07. The number of alkyl halides is 3. The quantitative estimate of drug-likeness (QED) is 0.542. The number of hydrogen-bond donors (Lipinski definition) is 1. The molecule has 1 aromatic carbocycles. The molecule has 13 heteroatoms. The molecular weight excluding hydrogens is 505 g/mol. The van der Waals surface area contributed by atoms with Crippen LogP contribution in [-0.4, -0.2) is 64.5 Å². The third-order valence-electron chi connectivity index (χ3n) is 6.81. The molecular formula is C23H26ClF3N4O5. The molecule has 0 radical (unpaired) electrons. The minimum atomic E-state index is -4.60. The molecule has 2 heterocycles. The normalized spacial score (nSPS) is 21.5. The van der Waals surface area contributed by atoms with Crippen molar-refractivity contribution in [2.24, 2.45) is 5.92 Å². The van der Waals surface area contributed by atoms with Gasteiger partial charge in [0.25, 0.3) is 5.91 Å². The summed E-state index contributed by atoms with van der Waals surface area (Å²) < 4.78 is 44.5. The highest BCUT2D eigenvalue weighted by atomic mass is 35.5. The third-order valence-corrected chi connectivity index (χ3v) is 7.12. The van der Waals surface area contributed by atoms with Crippen molar-refractivity contribution in [1.82, 2.24) is 20.0 Å². The molecule has 1 aromatic rings. The molecule has 2 fully saturated rings. The molecule has 0 bridgehead atoms. The van der Waals surface area contributed by atoms with Crippen LogP contribution in [-0.2, 0) is 33.6 Å². The highest BCUT2D eigenvalue weighted by Crippen LogP contribution is 2.46. The lowest BCUT2D eigenvalue weighted by molar-refractivity contribution is -0.137. The number of hydrogen-bond acceptors (Lipinski definition) is 5. The van der Waals surface area contributed by atoms with Crippen LogP contribution in [0.1, 0.15) is 49.3 Å². The summed E-state index contributed by atoms with van der Waals surface area (Å²) >= 11 is 5.81. The van der Waals surface area contributed by atoms with Crippen LogP contribution in [0, 0.1) is 5.92 Å². The van der Waals surface area contributed by atoms with Crippen LogP contribution >= 0.6 is 11.6 Å². The summed E-state index contributed by atoms with van der Waals surface area (Å²) in [6, 6.07) is 1.55. The van der Waals surface area contributed by atoms with Gasteiger partial charge in [0, 0.05) is 26.6 Å². The second kappa shape index (κ2) is 9.45. The summed E-state index contributed by atoms with van der Waals surface area (Å²) in [7, 11) is 1.40. The lowest BCUT2D eigenvalue weighted by Crippen LogP contribution is -2.50. The molecule has 36 heavy (non-hydrogen) atoms. The van der Waals surface area contributed by atoms with Crippen molar-refractivity contribution in [3.8, 4) is 0 Å². The largest absolute Gasteiger partial charge is 0.450 e. The Labute approximate surface area is 210 Å². The number of nitrogens with zero attached hydrogens (tertiary/aromatic N) is 3. The van der Waals surface area contributed by atoms with E-state index in [4.69, 9.17) is 16.3 Å². The van der Waals surface area contributed by atoms with Gasteiger partial charge in [0.05, 0.1) is 17.2 Å². The zero-order valence-electron chi connectivity index (χ0n) is 19.8. The van der Waals surface area contributed by atoms with Crippen LogP contribution in [0.15, 0.2) is 12.1 Å². The van der Waals surface area contributed by atoms with E-state index in [0.29, 0.717) is 24.0 Å². The van der Waals surface area contributed by atoms with Crippen molar-refractivity contribution in [2.75, 3.05) is 20.3 Å². The summed E-state index contributed by atoms with van der Waals surface area (Å²) in [5.74, 6) is -0.992. The fraction of sp³-hybridized carbons (Fsp3) is 0.565. The Bertz CT molecular complexity index is 1110. The first-order chi connectivity index (χ1) is 16.9. The molecule has 2 aliphatic heterocycles. The van der Waals surface area contributed by atoms with Crippen LogP contribution in [0.2, 0.25) is 5.02 Å². The van der Waals surface area contributed by atoms with Crippen LogP contribution in [0.5, 0.6) is 0 Å². The highest BCUT2D eigenvalue weighted by molar-refractivity contribution is 6.31. The van der Waals surface area contributed by atoms with Gasteiger partial charge in [0.1, 0.15) is 12.2 Å². The smallest absolute Gasteiger partial charge is 0.417 e. The minimum Gasteiger partial charge on any atom is -0.450 e. The zero-order valence-corrected chi connectivity index (χ0v) is 20.5. The van der Waals surface area contributed by atoms with Crippen LogP contribution in [0.25, 0.3) is 0 Å². The molecule has 4 rings (SSSR count). The number of amides is 5. The average Bonchev–Trinajstić information content (AvgIpc) is 3.53. The van der Waals surface area contributed by atoms with E-state index in [1.165, 1.54) is 18.0 Å². The molecule has 196 valence electrons. The minimum absolute atomic E-state index is 0.00160. The van der Waals surface area contributed by atoms with Gasteiger partial charge >= 0.3 is 18.3 Å². The SMILES string of the molecule is CCOC(=O)N(C)CN1C(=O)N[C@](CCC(=O)N2Cc3cc(Cl)c(C(F)(F)F)cc3C2)(C2CC2)C1=O. The van der Waals surface area contributed by atoms with Crippen LogP contribution in [0.4, 0.5) is 22.8 Å². The molecule has 9 nitrogen and oxygen atoms in total. The second-order valence-corrected chi connectivity index (χ2v) is 9.70. The monoisotopic (exact) mass is 530 g/mol. The Morgan fingerprint density at radius 1 is 1.22 bits per heavy atom. The molecule has 1 N–H and O–H groups in total. The van der Waals surface area contributed by atoms with Crippen LogP contribution < -0.4 is 5.32 Å². The van der Waals surface area contributed by atoms with Crippen molar-refractivity contribution >= 4 is 35.5 Å². The molecule has 1 atom stereocenters. The number of urea groups is 1. The molecule has 3 aliphatic rings. The maximum atomic E-state index is 13.3. The van der Waals surface area contributed by atoms with Crippen molar-refractivity contribution in [1.29, 1.82) is 0 Å². The summed E-state index contributed by atoms with van der Waals surface area (Å²) in [6.07, 6.45) is -3.92. The summed E-state index contributed by atoms with van der Waals surface area (Å²) in [5.41, 5.74) is -1.30. The number of carbonyl (C=O) groups is 4. The number of ether oxygens (including phenoxy) is 1. The van der Waals surface area contributed by atoms with Crippen LogP contribution in [0.3, 0.4) is 0 Å². The van der Waals surface area contributed by atoms with Gasteiger partial charge in [-0.3, -0.25) is 14.5 Å². The Morgan fingerprint density at radius 2 is 1.86 bits per heavy atom. The number of imide groups is 1. The summed E-state index contributed by atoms with van der Waals surface area (Å²) in [6.45, 7) is 1.59. The van der Waals surface area contributed by atoms with E-state index < -0.39 is 40.3 Å². The van der Waals surface area contributed by atoms with Gasteiger partial charge < -0.3 is 15.0 Å². The number of carbonyl (C=O) groups excluding carboxylic acids is 4. The van der Waals surface area contributed by atoms with Gasteiger partial charge in [0.15, 0.2) is 0 Å². The third kappa shape index (κ3) is 4.82. The first-order valence-corrected chi connectivity index (χ1v) is 11.9. The van der Waals surface area contributed by atoms with Crippen molar-refractivity contribution in [3.05, 3.63) is 33.8 Å². The van der Waals surface area contributed by atoms with Gasteiger partial charge in [-0.2, -0.15) is 13.2 Å². The number of halogens is 4. The number of fused-ring (bicyclic) bond motifs is 1. The van der Waals surface area contributed by atoms with E-state index in [-0.39, 0.29) is 51.0 Å². The number of nitrogens with one attached hydrogen (secondary N) is 1. The van der Waals surface area contributed by atoms with E-state index in [1.54, 1.807) is 6.92 Å². The predicted molar refractivity (Wildman–Crippen MR) is 120 cm³/mol.